The summed E-state index contributed by atoms with van der Waals surface area (Å²) in [4.78, 5) is 13.3. The number of rotatable bonds is 8. The van der Waals surface area contributed by atoms with Crippen molar-refractivity contribution < 1.29 is 9.53 Å². The van der Waals surface area contributed by atoms with Gasteiger partial charge in [-0.15, -0.1) is 11.3 Å². The predicted octanol–water partition coefficient (Wildman–Crippen LogP) is 3.84. The van der Waals surface area contributed by atoms with Crippen LogP contribution in [0.25, 0.3) is 0 Å². The van der Waals surface area contributed by atoms with Crippen LogP contribution in [-0.4, -0.2) is 36.2 Å². The van der Waals surface area contributed by atoms with Gasteiger partial charge in [0.25, 0.3) is 0 Å². The van der Waals surface area contributed by atoms with Crippen molar-refractivity contribution in [3.05, 3.63) is 16.0 Å². The molecule has 0 atom stereocenters. The van der Waals surface area contributed by atoms with Gasteiger partial charge in [-0.3, -0.25) is 0 Å². The predicted molar refractivity (Wildman–Crippen MR) is 102 cm³/mol. The molecule has 0 radical (unpaired) electrons. The molecular weight excluding hydrogens is 336 g/mol. The van der Waals surface area contributed by atoms with Crippen molar-refractivity contribution in [3.63, 3.8) is 0 Å². The quantitative estimate of drug-likeness (QED) is 0.417. The van der Waals surface area contributed by atoms with E-state index in [1.165, 1.54) is 0 Å². The average Bonchev–Trinajstić information content (AvgIpc) is 2.79. The SMILES string of the molecule is CCOC(=O)c1c(NC(=S)NCCCSC)sc(C)c1CC. The fraction of sp³-hybridized carbons (Fsp3) is 0.600. The maximum Gasteiger partial charge on any atom is 0.341 e. The highest BCUT2D eigenvalue weighted by atomic mass is 32.2. The van der Waals surface area contributed by atoms with E-state index in [0.29, 0.717) is 17.3 Å². The summed E-state index contributed by atoms with van der Waals surface area (Å²) in [6.07, 6.45) is 3.94. The summed E-state index contributed by atoms with van der Waals surface area (Å²) in [5.74, 6) is 0.818. The molecule has 0 saturated heterocycles. The molecule has 0 amide bonds. The van der Waals surface area contributed by atoms with Crippen molar-refractivity contribution >= 4 is 51.4 Å². The Bertz CT molecular complexity index is 515. The first-order chi connectivity index (χ1) is 10.5. The maximum absolute atomic E-state index is 12.2. The lowest BCUT2D eigenvalue weighted by Crippen LogP contribution is -2.29. The molecule has 4 nitrogen and oxygen atoms in total. The number of ether oxygens (including phenoxy) is 1. The minimum absolute atomic E-state index is 0.281. The Labute approximate surface area is 146 Å². The zero-order chi connectivity index (χ0) is 16.5. The Morgan fingerprint density at radius 3 is 2.73 bits per heavy atom. The molecule has 0 aliphatic carbocycles. The molecule has 0 fully saturated rings. The van der Waals surface area contributed by atoms with E-state index in [4.69, 9.17) is 17.0 Å². The number of carbonyl (C=O) groups excluding carboxylic acids is 1. The fourth-order valence-electron chi connectivity index (χ4n) is 2.08. The number of aryl methyl sites for hydroxylation is 1. The molecule has 0 aliphatic rings. The Balaban J connectivity index is 2.81. The highest BCUT2D eigenvalue weighted by Crippen LogP contribution is 2.34. The highest BCUT2D eigenvalue weighted by Gasteiger charge is 2.22. The second-order valence-corrected chi connectivity index (χ2v) is 7.26. The number of hydrogen-bond acceptors (Lipinski definition) is 5. The van der Waals surface area contributed by atoms with Crippen molar-refractivity contribution in [2.75, 3.05) is 30.5 Å². The van der Waals surface area contributed by atoms with E-state index in [9.17, 15) is 4.79 Å². The van der Waals surface area contributed by atoms with Crippen LogP contribution in [0.5, 0.6) is 0 Å². The third-order valence-corrected chi connectivity index (χ3v) is 5.09. The normalized spacial score (nSPS) is 10.4. The third-order valence-electron chi connectivity index (χ3n) is 3.08. The molecule has 1 aromatic rings. The van der Waals surface area contributed by atoms with Gasteiger partial charge in [0.15, 0.2) is 5.11 Å². The van der Waals surface area contributed by atoms with Gasteiger partial charge >= 0.3 is 5.97 Å². The van der Waals surface area contributed by atoms with Gasteiger partial charge in [0.05, 0.1) is 12.2 Å². The molecule has 0 bridgehead atoms. The molecule has 0 saturated carbocycles. The number of thiocarbonyl (C=S) groups is 1. The monoisotopic (exact) mass is 360 g/mol. The van der Waals surface area contributed by atoms with Crippen LogP contribution >= 0.6 is 35.3 Å². The summed E-state index contributed by atoms with van der Waals surface area (Å²) >= 11 is 8.67. The van der Waals surface area contributed by atoms with Crippen LogP contribution in [0.4, 0.5) is 5.00 Å². The molecule has 0 spiro atoms. The summed E-state index contributed by atoms with van der Waals surface area (Å²) < 4.78 is 5.18. The molecule has 1 aromatic heterocycles. The van der Waals surface area contributed by atoms with Crippen LogP contribution < -0.4 is 10.6 Å². The zero-order valence-corrected chi connectivity index (χ0v) is 16.0. The van der Waals surface area contributed by atoms with E-state index in [1.807, 2.05) is 32.5 Å². The highest BCUT2D eigenvalue weighted by molar-refractivity contribution is 7.98. The Kier molecular flexibility index (Phi) is 8.82. The number of hydrogen-bond donors (Lipinski definition) is 2. The third kappa shape index (κ3) is 5.44. The second kappa shape index (κ2) is 10.1. The summed E-state index contributed by atoms with van der Waals surface area (Å²) in [5.41, 5.74) is 1.66. The van der Waals surface area contributed by atoms with Crippen LogP contribution in [0, 0.1) is 6.92 Å². The Morgan fingerprint density at radius 2 is 2.14 bits per heavy atom. The minimum Gasteiger partial charge on any atom is -0.462 e. The molecule has 1 heterocycles. The lowest BCUT2D eigenvalue weighted by atomic mass is 10.1. The summed E-state index contributed by atoms with van der Waals surface area (Å²) in [7, 11) is 0. The number of anilines is 1. The molecule has 1 rings (SSSR count). The van der Waals surface area contributed by atoms with Crippen LogP contribution in [-0.2, 0) is 11.2 Å². The maximum atomic E-state index is 12.2. The molecule has 22 heavy (non-hydrogen) atoms. The Morgan fingerprint density at radius 1 is 1.41 bits per heavy atom. The average molecular weight is 361 g/mol. The van der Waals surface area contributed by atoms with Gasteiger partial charge in [-0.25, -0.2) is 4.79 Å². The number of esters is 1. The number of thiophene rings is 1. The summed E-state index contributed by atoms with van der Waals surface area (Å²) in [5, 5.41) is 7.65. The molecule has 124 valence electrons. The summed E-state index contributed by atoms with van der Waals surface area (Å²) in [6, 6.07) is 0. The topological polar surface area (TPSA) is 50.4 Å². The number of thioether (sulfide) groups is 1. The first kappa shape index (κ1) is 19.3. The molecule has 0 unspecified atom stereocenters. The smallest absolute Gasteiger partial charge is 0.341 e. The molecule has 0 aliphatic heterocycles. The second-order valence-electron chi connectivity index (χ2n) is 4.64. The van der Waals surface area contributed by atoms with E-state index in [1.54, 1.807) is 11.3 Å². The molecular formula is C15H24N2O2S3. The van der Waals surface area contributed by atoms with Crippen molar-refractivity contribution in [1.29, 1.82) is 0 Å². The van der Waals surface area contributed by atoms with E-state index < -0.39 is 0 Å². The van der Waals surface area contributed by atoms with Gasteiger partial charge < -0.3 is 15.4 Å². The van der Waals surface area contributed by atoms with Crippen LogP contribution in [0.15, 0.2) is 0 Å². The van der Waals surface area contributed by atoms with E-state index in [0.717, 1.165) is 40.6 Å². The van der Waals surface area contributed by atoms with Crippen molar-refractivity contribution in [1.82, 2.24) is 5.32 Å². The number of carbonyl (C=O) groups is 1. The van der Waals surface area contributed by atoms with Crippen LogP contribution in [0.3, 0.4) is 0 Å². The van der Waals surface area contributed by atoms with Gasteiger partial charge in [-0.2, -0.15) is 11.8 Å². The van der Waals surface area contributed by atoms with Crippen molar-refractivity contribution in [2.24, 2.45) is 0 Å². The first-order valence-corrected chi connectivity index (χ1v) is 10.00. The van der Waals surface area contributed by atoms with E-state index in [2.05, 4.69) is 16.9 Å². The van der Waals surface area contributed by atoms with Crippen molar-refractivity contribution in [2.45, 2.75) is 33.6 Å². The van der Waals surface area contributed by atoms with Gasteiger partial charge in [0, 0.05) is 11.4 Å². The van der Waals surface area contributed by atoms with Gasteiger partial charge in [0.2, 0.25) is 0 Å². The zero-order valence-electron chi connectivity index (χ0n) is 13.6. The largest absolute Gasteiger partial charge is 0.462 e. The first-order valence-electron chi connectivity index (χ1n) is 7.38. The molecule has 0 aromatic carbocycles. The van der Waals surface area contributed by atoms with Gasteiger partial charge in [-0.1, -0.05) is 6.92 Å². The van der Waals surface area contributed by atoms with Crippen LogP contribution in [0.1, 0.15) is 41.1 Å². The lowest BCUT2D eigenvalue weighted by molar-refractivity contribution is 0.0527. The van der Waals surface area contributed by atoms with Gasteiger partial charge in [0.1, 0.15) is 5.00 Å². The van der Waals surface area contributed by atoms with Crippen LogP contribution in [0.2, 0.25) is 0 Å². The Hall–Kier alpha value is -0.790. The minimum atomic E-state index is -0.281. The van der Waals surface area contributed by atoms with E-state index in [-0.39, 0.29) is 5.97 Å². The lowest BCUT2D eigenvalue weighted by Gasteiger charge is -2.11. The molecule has 2 N–H and O–H groups in total. The fourth-order valence-corrected chi connectivity index (χ4v) is 3.92. The number of nitrogens with one attached hydrogen (secondary N) is 2. The summed E-state index contributed by atoms with van der Waals surface area (Å²) in [6.45, 7) is 7.07. The van der Waals surface area contributed by atoms with Crippen molar-refractivity contribution in [3.8, 4) is 0 Å². The molecule has 7 heteroatoms. The van der Waals surface area contributed by atoms with E-state index >= 15 is 0 Å². The standard InChI is InChI=1S/C15H24N2O2S3/c1-5-11-10(3)22-13(12(11)14(18)19-6-2)17-15(20)16-8-7-9-21-4/h5-9H2,1-4H3,(H2,16,17,20). The van der Waals surface area contributed by atoms with Gasteiger partial charge in [-0.05, 0) is 56.5 Å².